The number of benzene rings is 1. The van der Waals surface area contributed by atoms with Crippen LogP contribution in [0.2, 0.25) is 18.1 Å². The minimum atomic E-state index is -3.72. The van der Waals surface area contributed by atoms with Gasteiger partial charge in [0, 0.05) is 0 Å². The molecule has 0 spiro atoms. The second kappa shape index (κ2) is 8.58. The summed E-state index contributed by atoms with van der Waals surface area (Å²) in [6.45, 7) is 14.0. The predicted octanol–water partition coefficient (Wildman–Crippen LogP) is 3.74. The average Bonchev–Trinajstić information content (AvgIpc) is 2.45. The molecule has 0 amide bonds. The van der Waals surface area contributed by atoms with Gasteiger partial charge in [-0.15, -0.1) is 0 Å². The van der Waals surface area contributed by atoms with Crippen LogP contribution in [0.15, 0.2) is 29.2 Å². The van der Waals surface area contributed by atoms with Crippen LogP contribution in [-0.2, 0) is 23.5 Å². The van der Waals surface area contributed by atoms with Gasteiger partial charge in [-0.25, -0.2) is 0 Å². The van der Waals surface area contributed by atoms with Crippen molar-refractivity contribution < 1.29 is 21.8 Å². The highest BCUT2D eigenvalue weighted by Gasteiger charge is 2.36. The first-order valence-electron chi connectivity index (χ1n) is 8.13. The van der Waals surface area contributed by atoms with E-state index in [4.69, 9.17) is 13.3 Å². The van der Waals surface area contributed by atoms with Gasteiger partial charge in [-0.05, 0) is 37.2 Å². The van der Waals surface area contributed by atoms with Gasteiger partial charge in [-0.1, -0.05) is 38.5 Å². The Balaban J connectivity index is 2.26. The van der Waals surface area contributed by atoms with E-state index in [2.05, 4.69) is 33.9 Å². The number of ether oxygens (including phenoxy) is 1. The Morgan fingerprint density at radius 1 is 0.958 bits per heavy atom. The lowest BCUT2D eigenvalue weighted by atomic mass is 10.2. The first-order chi connectivity index (χ1) is 11.0. The third-order valence-corrected chi connectivity index (χ3v) is 10.1. The molecular weight excluding hydrogens is 344 g/mol. The highest BCUT2D eigenvalue weighted by molar-refractivity contribution is 7.86. The molecule has 1 aromatic carbocycles. The molecule has 0 fully saturated rings. The van der Waals surface area contributed by atoms with E-state index in [1.54, 1.807) is 24.3 Å². The molecule has 5 nitrogen and oxygen atoms in total. The van der Waals surface area contributed by atoms with Crippen molar-refractivity contribution in [2.24, 2.45) is 0 Å². The van der Waals surface area contributed by atoms with Gasteiger partial charge in [0.15, 0.2) is 8.32 Å². The van der Waals surface area contributed by atoms with E-state index >= 15 is 0 Å². The van der Waals surface area contributed by atoms with E-state index in [0.29, 0.717) is 13.2 Å². The molecule has 0 unspecified atom stereocenters. The van der Waals surface area contributed by atoms with Crippen molar-refractivity contribution in [3.8, 4) is 0 Å². The van der Waals surface area contributed by atoms with E-state index in [1.165, 1.54) is 0 Å². The molecule has 0 heterocycles. The highest BCUT2D eigenvalue weighted by atomic mass is 32.2. The lowest BCUT2D eigenvalue weighted by molar-refractivity contribution is 0.0744. The Labute approximate surface area is 147 Å². The third kappa shape index (κ3) is 6.64. The zero-order valence-corrected chi connectivity index (χ0v) is 17.4. The lowest BCUT2D eigenvalue weighted by Gasteiger charge is -2.36. The summed E-state index contributed by atoms with van der Waals surface area (Å²) in [5, 5.41) is 0.165. The van der Waals surface area contributed by atoms with Gasteiger partial charge >= 0.3 is 0 Å². The van der Waals surface area contributed by atoms with E-state index in [0.717, 1.165) is 5.56 Å². The van der Waals surface area contributed by atoms with Crippen LogP contribution < -0.4 is 0 Å². The molecule has 0 N–H and O–H groups in total. The SMILES string of the molecule is Cc1ccc(S(=O)(=O)OCCOCCO[Si](C)(C)C(C)(C)C)cc1. The van der Waals surface area contributed by atoms with Crippen LogP contribution in [-0.4, -0.2) is 43.2 Å². The molecule has 138 valence electrons. The van der Waals surface area contributed by atoms with Gasteiger partial charge in [0.05, 0.1) is 31.3 Å². The molecule has 7 heteroatoms. The molecule has 0 bridgehead atoms. The smallest absolute Gasteiger partial charge is 0.297 e. The molecule has 0 atom stereocenters. The van der Waals surface area contributed by atoms with Crippen molar-refractivity contribution in [1.82, 2.24) is 0 Å². The normalized spacial score (nSPS) is 13.2. The molecule has 1 aromatic rings. The molecule has 0 aromatic heterocycles. The van der Waals surface area contributed by atoms with Crippen LogP contribution >= 0.6 is 0 Å². The largest absolute Gasteiger partial charge is 0.414 e. The van der Waals surface area contributed by atoms with E-state index in [9.17, 15) is 8.42 Å². The van der Waals surface area contributed by atoms with Gasteiger partial charge < -0.3 is 9.16 Å². The second-order valence-electron chi connectivity index (χ2n) is 7.31. The molecule has 0 radical (unpaired) electrons. The van der Waals surface area contributed by atoms with Gasteiger partial charge in [0.25, 0.3) is 10.1 Å². The van der Waals surface area contributed by atoms with Crippen molar-refractivity contribution in [2.75, 3.05) is 26.4 Å². The molecular formula is C17H30O5SSi. The second-order valence-corrected chi connectivity index (χ2v) is 13.7. The Kier molecular flexibility index (Phi) is 7.62. The fourth-order valence-electron chi connectivity index (χ4n) is 1.65. The number of rotatable bonds is 9. The van der Waals surface area contributed by atoms with E-state index in [1.807, 2.05) is 6.92 Å². The Hall–Kier alpha value is -0.733. The Morgan fingerprint density at radius 2 is 1.50 bits per heavy atom. The minimum absolute atomic E-state index is 0.00367. The van der Waals surface area contributed by atoms with Crippen LogP contribution in [0.3, 0.4) is 0 Å². The first kappa shape index (κ1) is 21.3. The van der Waals surface area contributed by atoms with Gasteiger partial charge in [0.1, 0.15) is 0 Å². The van der Waals surface area contributed by atoms with E-state index < -0.39 is 18.4 Å². The third-order valence-electron chi connectivity index (χ3n) is 4.27. The summed E-state index contributed by atoms with van der Waals surface area (Å²) in [5.41, 5.74) is 0.999. The van der Waals surface area contributed by atoms with Crippen LogP contribution in [0.1, 0.15) is 26.3 Å². The Bertz CT molecular complexity index is 603. The fourth-order valence-corrected chi connectivity index (χ4v) is 3.57. The average molecular weight is 375 g/mol. The van der Waals surface area contributed by atoms with Crippen molar-refractivity contribution in [3.63, 3.8) is 0 Å². The number of hydrogen-bond acceptors (Lipinski definition) is 5. The summed E-state index contributed by atoms with van der Waals surface area (Å²) >= 11 is 0. The van der Waals surface area contributed by atoms with Crippen molar-refractivity contribution in [2.45, 2.75) is 50.7 Å². The summed E-state index contributed by atoms with van der Waals surface area (Å²) in [4.78, 5) is 0.161. The quantitative estimate of drug-likeness (QED) is 0.374. The van der Waals surface area contributed by atoms with Crippen molar-refractivity contribution in [3.05, 3.63) is 29.8 Å². The number of hydrogen-bond donors (Lipinski definition) is 0. The predicted molar refractivity (Wildman–Crippen MR) is 98.3 cm³/mol. The fraction of sp³-hybridized carbons (Fsp3) is 0.647. The molecule has 0 saturated carbocycles. The molecule has 0 aliphatic carbocycles. The topological polar surface area (TPSA) is 61.8 Å². The summed E-state index contributed by atoms with van der Waals surface area (Å²) in [6.07, 6.45) is 0. The van der Waals surface area contributed by atoms with Crippen LogP contribution in [0.4, 0.5) is 0 Å². The first-order valence-corrected chi connectivity index (χ1v) is 12.5. The van der Waals surface area contributed by atoms with Crippen molar-refractivity contribution >= 4 is 18.4 Å². The summed E-state index contributed by atoms with van der Waals surface area (Å²) in [5.74, 6) is 0. The molecule has 0 aliphatic rings. The Morgan fingerprint density at radius 3 is 2.04 bits per heavy atom. The van der Waals surface area contributed by atoms with Crippen molar-refractivity contribution in [1.29, 1.82) is 0 Å². The maximum atomic E-state index is 12.0. The van der Waals surface area contributed by atoms with Gasteiger partial charge in [-0.3, -0.25) is 4.18 Å². The lowest BCUT2D eigenvalue weighted by Crippen LogP contribution is -2.41. The maximum absolute atomic E-state index is 12.0. The number of aryl methyl sites for hydroxylation is 1. The van der Waals surface area contributed by atoms with E-state index in [-0.39, 0.29) is 23.1 Å². The zero-order valence-electron chi connectivity index (χ0n) is 15.6. The summed E-state index contributed by atoms with van der Waals surface area (Å²) in [6, 6.07) is 6.56. The van der Waals surface area contributed by atoms with Crippen LogP contribution in [0, 0.1) is 6.92 Å². The van der Waals surface area contributed by atoms with Gasteiger partial charge in [0.2, 0.25) is 0 Å². The summed E-state index contributed by atoms with van der Waals surface area (Å²) < 4.78 is 40.3. The standard InChI is InChI=1S/C17H30O5SSi/c1-15-7-9-16(10-8-15)23(18,19)21-13-11-20-12-14-22-24(5,6)17(2,3)4/h7-10H,11-14H2,1-6H3. The van der Waals surface area contributed by atoms with Gasteiger partial charge in [-0.2, -0.15) is 8.42 Å². The molecule has 24 heavy (non-hydrogen) atoms. The minimum Gasteiger partial charge on any atom is -0.414 e. The summed E-state index contributed by atoms with van der Waals surface area (Å²) in [7, 11) is -5.48. The highest BCUT2D eigenvalue weighted by Crippen LogP contribution is 2.36. The molecule has 0 aliphatic heterocycles. The molecule has 1 rings (SSSR count). The maximum Gasteiger partial charge on any atom is 0.297 e. The van der Waals surface area contributed by atoms with Crippen LogP contribution in [0.5, 0.6) is 0 Å². The van der Waals surface area contributed by atoms with Crippen LogP contribution in [0.25, 0.3) is 0 Å². The monoisotopic (exact) mass is 374 g/mol. The molecule has 0 saturated heterocycles. The zero-order chi connectivity index (χ0) is 18.4.